The van der Waals surface area contributed by atoms with E-state index < -0.39 is 11.6 Å². The van der Waals surface area contributed by atoms with Crippen LogP contribution >= 0.6 is 0 Å². The second kappa shape index (κ2) is 9.53. The van der Waals surface area contributed by atoms with E-state index in [9.17, 15) is 9.59 Å². The summed E-state index contributed by atoms with van der Waals surface area (Å²) in [5.74, 6) is 0.940. The van der Waals surface area contributed by atoms with E-state index in [0.717, 1.165) is 47.7 Å². The average Bonchev–Trinajstić information content (AvgIpc) is 3.56. The minimum absolute atomic E-state index is 0.0303. The fourth-order valence-electron chi connectivity index (χ4n) is 5.72. The van der Waals surface area contributed by atoms with Gasteiger partial charge in [0, 0.05) is 30.1 Å². The van der Waals surface area contributed by atoms with Crippen molar-refractivity contribution in [2.45, 2.75) is 57.1 Å². The third-order valence-electron chi connectivity index (χ3n) is 7.57. The van der Waals surface area contributed by atoms with Crippen molar-refractivity contribution in [3.05, 3.63) is 71.9 Å². The number of nitrogens with one attached hydrogen (secondary N) is 3. The lowest BCUT2D eigenvalue weighted by atomic mass is 9.91. The summed E-state index contributed by atoms with van der Waals surface area (Å²) in [5, 5.41) is 7.03. The maximum Gasteiger partial charge on any atom is 0.408 e. The quantitative estimate of drug-likeness (QED) is 0.455. The molecule has 6 heteroatoms. The molecule has 5 rings (SSSR count). The van der Waals surface area contributed by atoms with Crippen LogP contribution in [-0.2, 0) is 22.4 Å². The molecule has 4 atom stereocenters. The number of benzene rings is 2. The molecule has 2 saturated carbocycles. The zero-order chi connectivity index (χ0) is 23.5. The van der Waals surface area contributed by atoms with Crippen molar-refractivity contribution in [2.75, 3.05) is 6.54 Å². The molecule has 0 radical (unpaired) electrons. The topological polar surface area (TPSA) is 83.2 Å². The van der Waals surface area contributed by atoms with Gasteiger partial charge in [-0.15, -0.1) is 0 Å². The molecule has 0 aliphatic heterocycles. The Hall–Kier alpha value is -3.28. The first kappa shape index (κ1) is 22.5. The zero-order valence-corrected chi connectivity index (χ0v) is 19.7. The van der Waals surface area contributed by atoms with Crippen LogP contribution in [0, 0.1) is 11.8 Å². The number of alkyl carbamates (subject to hydrolysis) is 1. The number of para-hydroxylation sites is 1. The Balaban J connectivity index is 1.29. The van der Waals surface area contributed by atoms with E-state index in [4.69, 9.17) is 4.74 Å². The van der Waals surface area contributed by atoms with Gasteiger partial charge in [-0.05, 0) is 68.1 Å². The third kappa shape index (κ3) is 4.81. The standard InChI is InChI=1S/C28H33N3O3/c1-28(17-22-18-30-24-10-6-5-9-23(22)24,26(32)29-14-13-19-7-3-2-4-8-19)31-27(33)34-25-16-20-11-12-21(25)15-20/h2-10,18,20-21,25,30H,11-17H2,1H3,(H,29,32)(H,31,33)/t20-,21+,25+,28-/m1/s1. The third-order valence-corrected chi connectivity index (χ3v) is 7.57. The van der Waals surface area contributed by atoms with Crippen LogP contribution in [-0.4, -0.2) is 35.2 Å². The van der Waals surface area contributed by atoms with E-state index in [1.807, 2.05) is 60.8 Å². The molecule has 2 aromatic carbocycles. The first-order valence-electron chi connectivity index (χ1n) is 12.4. The number of rotatable bonds is 8. The summed E-state index contributed by atoms with van der Waals surface area (Å²) in [6.07, 6.45) is 6.96. The molecule has 2 amide bonds. The van der Waals surface area contributed by atoms with Gasteiger partial charge in [0.05, 0.1) is 0 Å². The number of amides is 2. The van der Waals surface area contributed by atoms with Crippen LogP contribution in [0.1, 0.15) is 43.7 Å². The summed E-state index contributed by atoms with van der Waals surface area (Å²) in [7, 11) is 0. The Morgan fingerprint density at radius 3 is 2.62 bits per heavy atom. The summed E-state index contributed by atoms with van der Waals surface area (Å²) in [5.41, 5.74) is 2.01. The molecule has 1 heterocycles. The van der Waals surface area contributed by atoms with Crippen LogP contribution in [0.15, 0.2) is 60.8 Å². The molecule has 2 aliphatic rings. The Kier molecular flexibility index (Phi) is 6.31. The average molecular weight is 460 g/mol. The Morgan fingerprint density at radius 1 is 1.06 bits per heavy atom. The number of hydrogen-bond donors (Lipinski definition) is 3. The van der Waals surface area contributed by atoms with E-state index in [-0.39, 0.29) is 12.0 Å². The minimum atomic E-state index is -1.14. The predicted octanol–water partition coefficient (Wildman–Crippen LogP) is 4.74. The van der Waals surface area contributed by atoms with E-state index in [1.54, 1.807) is 6.92 Å². The van der Waals surface area contributed by atoms with E-state index >= 15 is 0 Å². The number of fused-ring (bicyclic) bond motifs is 3. The number of aromatic nitrogens is 1. The van der Waals surface area contributed by atoms with Crippen molar-refractivity contribution >= 4 is 22.9 Å². The summed E-state index contributed by atoms with van der Waals surface area (Å²) in [6, 6.07) is 18.0. The SMILES string of the molecule is C[C@](Cc1c[nH]c2ccccc12)(NC(=O)O[C@H]1C[C@@H]2CC[C@H]1C2)C(=O)NCCc1ccccc1. The molecule has 0 spiro atoms. The summed E-state index contributed by atoms with van der Waals surface area (Å²) >= 11 is 0. The van der Waals surface area contributed by atoms with Gasteiger partial charge in [-0.2, -0.15) is 0 Å². The lowest BCUT2D eigenvalue weighted by Gasteiger charge is -2.31. The van der Waals surface area contributed by atoms with Crippen molar-refractivity contribution in [3.8, 4) is 0 Å². The van der Waals surface area contributed by atoms with Crippen LogP contribution in [0.5, 0.6) is 0 Å². The number of carbonyl (C=O) groups is 2. The van der Waals surface area contributed by atoms with Gasteiger partial charge in [-0.1, -0.05) is 48.5 Å². The first-order valence-corrected chi connectivity index (χ1v) is 12.4. The molecule has 3 N–H and O–H groups in total. The highest BCUT2D eigenvalue weighted by Crippen LogP contribution is 2.45. The lowest BCUT2D eigenvalue weighted by molar-refractivity contribution is -0.127. The second-order valence-corrected chi connectivity index (χ2v) is 10.1. The maximum atomic E-state index is 13.4. The molecule has 0 unspecified atom stereocenters. The van der Waals surface area contributed by atoms with Gasteiger partial charge in [0.1, 0.15) is 11.6 Å². The van der Waals surface area contributed by atoms with Gasteiger partial charge in [-0.25, -0.2) is 4.79 Å². The van der Waals surface area contributed by atoms with Gasteiger partial charge < -0.3 is 20.4 Å². The molecule has 3 aromatic rings. The second-order valence-electron chi connectivity index (χ2n) is 10.1. The number of H-pyrrole nitrogens is 1. The lowest BCUT2D eigenvalue weighted by Crippen LogP contribution is -2.59. The smallest absolute Gasteiger partial charge is 0.408 e. The number of hydrogen-bond acceptors (Lipinski definition) is 3. The summed E-state index contributed by atoms with van der Waals surface area (Å²) < 4.78 is 5.83. The fraction of sp³-hybridized carbons (Fsp3) is 0.429. The Bertz CT molecular complexity index is 1160. The largest absolute Gasteiger partial charge is 0.446 e. The van der Waals surface area contributed by atoms with Gasteiger partial charge in [0.25, 0.3) is 0 Å². The molecule has 1 aromatic heterocycles. The van der Waals surface area contributed by atoms with Gasteiger partial charge in [0.2, 0.25) is 5.91 Å². The molecular weight excluding hydrogens is 426 g/mol. The fourth-order valence-corrected chi connectivity index (χ4v) is 5.72. The zero-order valence-electron chi connectivity index (χ0n) is 19.7. The monoisotopic (exact) mass is 459 g/mol. The highest BCUT2D eigenvalue weighted by atomic mass is 16.6. The van der Waals surface area contributed by atoms with Gasteiger partial charge >= 0.3 is 6.09 Å². The normalized spacial score (nSPS) is 22.9. The molecule has 2 aliphatic carbocycles. The van der Waals surface area contributed by atoms with Crippen LogP contribution in [0.2, 0.25) is 0 Å². The van der Waals surface area contributed by atoms with Crippen LogP contribution < -0.4 is 10.6 Å². The molecule has 0 saturated heterocycles. The predicted molar refractivity (Wildman–Crippen MR) is 132 cm³/mol. The maximum absolute atomic E-state index is 13.4. The highest BCUT2D eigenvalue weighted by molar-refractivity contribution is 5.91. The summed E-state index contributed by atoms with van der Waals surface area (Å²) in [4.78, 5) is 29.7. The van der Waals surface area contributed by atoms with Crippen molar-refractivity contribution in [1.82, 2.24) is 15.6 Å². The number of ether oxygens (including phenoxy) is 1. The van der Waals surface area contributed by atoms with Crippen molar-refractivity contribution in [3.63, 3.8) is 0 Å². The molecule has 178 valence electrons. The van der Waals surface area contributed by atoms with Crippen LogP contribution in [0.25, 0.3) is 10.9 Å². The van der Waals surface area contributed by atoms with Crippen molar-refractivity contribution < 1.29 is 14.3 Å². The van der Waals surface area contributed by atoms with Crippen molar-refractivity contribution in [1.29, 1.82) is 0 Å². The minimum Gasteiger partial charge on any atom is -0.446 e. The van der Waals surface area contributed by atoms with Crippen LogP contribution in [0.4, 0.5) is 4.79 Å². The van der Waals surface area contributed by atoms with Gasteiger partial charge in [-0.3, -0.25) is 4.79 Å². The highest BCUT2D eigenvalue weighted by Gasteiger charge is 2.43. The summed E-state index contributed by atoms with van der Waals surface area (Å²) in [6.45, 7) is 2.28. The van der Waals surface area contributed by atoms with E-state index in [0.29, 0.717) is 24.8 Å². The van der Waals surface area contributed by atoms with E-state index in [2.05, 4.69) is 15.6 Å². The van der Waals surface area contributed by atoms with Crippen LogP contribution in [0.3, 0.4) is 0 Å². The molecule has 2 fully saturated rings. The molecule has 6 nitrogen and oxygen atoms in total. The van der Waals surface area contributed by atoms with Gasteiger partial charge in [0.15, 0.2) is 0 Å². The molecule has 34 heavy (non-hydrogen) atoms. The number of carbonyl (C=O) groups excluding carboxylic acids is 2. The molecular formula is C28H33N3O3. The number of aromatic amines is 1. The Morgan fingerprint density at radius 2 is 1.85 bits per heavy atom. The van der Waals surface area contributed by atoms with Crippen molar-refractivity contribution in [2.24, 2.45) is 11.8 Å². The molecule has 2 bridgehead atoms. The van der Waals surface area contributed by atoms with E-state index in [1.165, 1.54) is 6.42 Å². The first-order chi connectivity index (χ1) is 16.5. The Labute approximate surface area is 200 Å².